The van der Waals surface area contributed by atoms with Gasteiger partial charge in [0.25, 0.3) is 5.91 Å². The topological polar surface area (TPSA) is 71.4 Å². The average Bonchev–Trinajstić information content (AvgIpc) is 2.65. The Hall–Kier alpha value is -3.26. The molecule has 2 rings (SSSR count). The van der Waals surface area contributed by atoms with E-state index >= 15 is 0 Å². The standard InChI is InChI=1S/C19H14F6N2O3/c20-18(21,22)10-29-9-12-1-3-13(4-2-12)17(28)27-15-5-6-16(14(7-15)8-26)30-11-19(23,24)25/h1-7H,9-11H2,(H,27,28). The molecule has 0 fully saturated rings. The quantitative estimate of drug-likeness (QED) is 0.637. The zero-order valence-electron chi connectivity index (χ0n) is 15.1. The first-order valence-electron chi connectivity index (χ1n) is 8.25. The normalized spacial score (nSPS) is 11.6. The maximum absolute atomic E-state index is 12.3. The molecule has 0 spiro atoms. The van der Waals surface area contributed by atoms with Gasteiger partial charge in [-0.2, -0.15) is 31.6 Å². The lowest BCUT2D eigenvalue weighted by atomic mass is 10.1. The highest BCUT2D eigenvalue weighted by atomic mass is 19.4. The highest BCUT2D eigenvalue weighted by Crippen LogP contribution is 2.25. The van der Waals surface area contributed by atoms with E-state index in [1.165, 1.54) is 30.3 Å². The second-order valence-corrected chi connectivity index (χ2v) is 5.99. The number of hydrogen-bond acceptors (Lipinski definition) is 4. The molecule has 0 radical (unpaired) electrons. The number of carbonyl (C=O) groups excluding carboxylic acids is 1. The van der Waals surface area contributed by atoms with Crippen molar-refractivity contribution in [1.82, 2.24) is 0 Å². The summed E-state index contributed by atoms with van der Waals surface area (Å²) in [6.45, 7) is -3.24. The van der Waals surface area contributed by atoms with E-state index in [4.69, 9.17) is 5.26 Å². The van der Waals surface area contributed by atoms with Crippen molar-refractivity contribution in [1.29, 1.82) is 5.26 Å². The van der Waals surface area contributed by atoms with E-state index in [1.807, 2.05) is 0 Å². The SMILES string of the molecule is N#Cc1cc(NC(=O)c2ccc(COCC(F)(F)F)cc2)ccc1OCC(F)(F)F. The smallest absolute Gasteiger partial charge is 0.422 e. The lowest BCUT2D eigenvalue weighted by Crippen LogP contribution is -2.19. The molecule has 2 aromatic rings. The van der Waals surface area contributed by atoms with Gasteiger partial charge in [-0.25, -0.2) is 0 Å². The molecule has 160 valence electrons. The minimum absolute atomic E-state index is 0.147. The Morgan fingerprint density at radius 2 is 1.60 bits per heavy atom. The van der Waals surface area contributed by atoms with Gasteiger partial charge in [0.05, 0.1) is 12.2 Å². The van der Waals surface area contributed by atoms with Crippen LogP contribution in [0.5, 0.6) is 5.75 Å². The van der Waals surface area contributed by atoms with Crippen LogP contribution < -0.4 is 10.1 Å². The van der Waals surface area contributed by atoms with Gasteiger partial charge in [0.1, 0.15) is 18.4 Å². The average molecular weight is 432 g/mol. The molecule has 0 saturated carbocycles. The number of hydrogen-bond donors (Lipinski definition) is 1. The first-order chi connectivity index (χ1) is 14.0. The van der Waals surface area contributed by atoms with Crippen LogP contribution in [0.2, 0.25) is 0 Å². The summed E-state index contributed by atoms with van der Waals surface area (Å²) in [5, 5.41) is 11.5. The number of rotatable bonds is 7. The van der Waals surface area contributed by atoms with Crippen molar-refractivity contribution < 1.29 is 40.6 Å². The second kappa shape index (κ2) is 9.49. The summed E-state index contributed by atoms with van der Waals surface area (Å²) in [6.07, 6.45) is -9.00. The highest BCUT2D eigenvalue weighted by molar-refractivity contribution is 6.04. The molecular formula is C19H14F6N2O3. The molecule has 0 saturated heterocycles. The Morgan fingerprint density at radius 1 is 0.967 bits per heavy atom. The van der Waals surface area contributed by atoms with Gasteiger partial charge < -0.3 is 14.8 Å². The second-order valence-electron chi connectivity index (χ2n) is 5.99. The molecule has 0 atom stereocenters. The minimum Gasteiger partial charge on any atom is -0.483 e. The molecule has 0 aromatic heterocycles. The number of carbonyl (C=O) groups is 1. The van der Waals surface area contributed by atoms with Crippen LogP contribution >= 0.6 is 0 Å². The van der Waals surface area contributed by atoms with E-state index in [0.717, 1.165) is 12.1 Å². The Kier molecular flexibility index (Phi) is 7.28. The van der Waals surface area contributed by atoms with Gasteiger partial charge in [0.2, 0.25) is 0 Å². The molecule has 0 aliphatic rings. The van der Waals surface area contributed by atoms with Crippen molar-refractivity contribution in [3.8, 4) is 11.8 Å². The van der Waals surface area contributed by atoms with Gasteiger partial charge in [0.15, 0.2) is 6.61 Å². The molecule has 0 aliphatic carbocycles. The fourth-order valence-electron chi connectivity index (χ4n) is 2.22. The van der Waals surface area contributed by atoms with Gasteiger partial charge in [-0.15, -0.1) is 0 Å². The summed E-state index contributed by atoms with van der Waals surface area (Å²) >= 11 is 0. The van der Waals surface area contributed by atoms with E-state index in [9.17, 15) is 31.1 Å². The van der Waals surface area contributed by atoms with Crippen molar-refractivity contribution in [3.63, 3.8) is 0 Å². The van der Waals surface area contributed by atoms with Gasteiger partial charge in [-0.3, -0.25) is 4.79 Å². The summed E-state index contributed by atoms with van der Waals surface area (Å²) in [5.74, 6) is -0.873. The van der Waals surface area contributed by atoms with Gasteiger partial charge in [-0.05, 0) is 35.9 Å². The van der Waals surface area contributed by atoms with Crippen LogP contribution in [0.1, 0.15) is 21.5 Å². The van der Waals surface area contributed by atoms with Gasteiger partial charge in [0, 0.05) is 11.3 Å². The first kappa shape index (κ1) is 23.0. The van der Waals surface area contributed by atoms with Crippen LogP contribution in [0.4, 0.5) is 32.0 Å². The molecule has 2 aromatic carbocycles. The number of alkyl halides is 6. The maximum atomic E-state index is 12.3. The van der Waals surface area contributed by atoms with Crippen molar-refractivity contribution in [3.05, 3.63) is 59.2 Å². The first-order valence-corrected chi connectivity index (χ1v) is 8.25. The molecule has 30 heavy (non-hydrogen) atoms. The Balaban J connectivity index is 1.99. The lowest BCUT2D eigenvalue weighted by Gasteiger charge is -2.12. The molecule has 0 aliphatic heterocycles. The Labute approximate surface area is 166 Å². The van der Waals surface area contributed by atoms with Crippen molar-refractivity contribution in [2.45, 2.75) is 19.0 Å². The van der Waals surface area contributed by atoms with E-state index in [-0.39, 0.29) is 29.2 Å². The Bertz CT molecular complexity index is 918. The third-order valence-corrected chi connectivity index (χ3v) is 3.50. The number of halogens is 6. The molecule has 11 heteroatoms. The fourth-order valence-corrected chi connectivity index (χ4v) is 2.22. The van der Waals surface area contributed by atoms with Crippen LogP contribution in [-0.4, -0.2) is 31.5 Å². The zero-order chi connectivity index (χ0) is 22.4. The predicted molar refractivity (Wildman–Crippen MR) is 92.8 cm³/mol. The van der Waals surface area contributed by atoms with Crippen LogP contribution in [0.25, 0.3) is 0 Å². The summed E-state index contributed by atoms with van der Waals surface area (Å²) < 4.78 is 82.0. The third kappa shape index (κ3) is 7.63. The van der Waals surface area contributed by atoms with Crippen LogP contribution in [0.3, 0.4) is 0 Å². The Morgan fingerprint density at radius 3 is 2.17 bits per heavy atom. The number of amides is 1. The number of anilines is 1. The van der Waals surface area contributed by atoms with Crippen LogP contribution in [0, 0.1) is 11.3 Å². The largest absolute Gasteiger partial charge is 0.483 e. The summed E-state index contributed by atoms with van der Waals surface area (Å²) in [7, 11) is 0. The molecular weight excluding hydrogens is 418 g/mol. The minimum atomic E-state index is -4.57. The fraction of sp³-hybridized carbons (Fsp3) is 0.263. The summed E-state index contributed by atoms with van der Waals surface area (Å²) in [4.78, 5) is 12.3. The van der Waals surface area contributed by atoms with E-state index in [1.54, 1.807) is 6.07 Å². The molecule has 5 nitrogen and oxygen atoms in total. The van der Waals surface area contributed by atoms with E-state index in [0.29, 0.717) is 5.56 Å². The molecule has 0 unspecified atom stereocenters. The third-order valence-electron chi connectivity index (χ3n) is 3.50. The number of benzene rings is 2. The van der Waals surface area contributed by atoms with Gasteiger partial charge >= 0.3 is 12.4 Å². The maximum Gasteiger partial charge on any atom is 0.422 e. The van der Waals surface area contributed by atoms with Crippen LogP contribution in [-0.2, 0) is 11.3 Å². The monoisotopic (exact) mass is 432 g/mol. The van der Waals surface area contributed by atoms with Crippen molar-refractivity contribution >= 4 is 11.6 Å². The molecule has 0 bridgehead atoms. The number of nitrogens with one attached hydrogen (secondary N) is 1. The molecule has 0 heterocycles. The zero-order valence-corrected chi connectivity index (χ0v) is 15.1. The molecule has 1 amide bonds. The number of ether oxygens (including phenoxy) is 2. The van der Waals surface area contributed by atoms with Crippen molar-refractivity contribution in [2.24, 2.45) is 0 Å². The van der Waals surface area contributed by atoms with Crippen molar-refractivity contribution in [2.75, 3.05) is 18.5 Å². The number of nitrogens with zero attached hydrogens (tertiary/aromatic N) is 1. The van der Waals surface area contributed by atoms with Gasteiger partial charge in [-0.1, -0.05) is 12.1 Å². The van der Waals surface area contributed by atoms with Crippen LogP contribution in [0.15, 0.2) is 42.5 Å². The predicted octanol–water partition coefficient (Wildman–Crippen LogP) is 4.83. The highest BCUT2D eigenvalue weighted by Gasteiger charge is 2.29. The summed E-state index contributed by atoms with van der Waals surface area (Å²) in [6, 6.07) is 10.8. The molecule has 1 N–H and O–H groups in total. The van der Waals surface area contributed by atoms with E-state index < -0.39 is 31.5 Å². The van der Waals surface area contributed by atoms with E-state index in [2.05, 4.69) is 14.8 Å². The lowest BCUT2D eigenvalue weighted by molar-refractivity contribution is -0.176. The summed E-state index contributed by atoms with van der Waals surface area (Å²) in [5.41, 5.74) is 0.543. The number of nitriles is 1.